The van der Waals surface area contributed by atoms with Gasteiger partial charge >= 0.3 is 0 Å². The van der Waals surface area contributed by atoms with E-state index < -0.39 is 0 Å². The average molecular weight is 175 g/mol. The second-order valence-electron chi connectivity index (χ2n) is 3.23. The van der Waals surface area contributed by atoms with E-state index in [9.17, 15) is 0 Å². The van der Waals surface area contributed by atoms with Gasteiger partial charge in [-0.1, -0.05) is 18.1 Å². The topological polar surface area (TPSA) is 12.0 Å². The number of hydrogen-bond acceptors (Lipinski definition) is 1. The van der Waals surface area contributed by atoms with E-state index in [0.29, 0.717) is 12.6 Å². The fourth-order valence-electron chi connectivity index (χ4n) is 1.92. The van der Waals surface area contributed by atoms with E-state index in [0.717, 1.165) is 0 Å². The molecule has 1 rings (SSSR count). The van der Waals surface area contributed by atoms with Gasteiger partial charge in [0.1, 0.15) is 0 Å². The molecule has 0 heterocycles. The first-order valence-corrected chi connectivity index (χ1v) is 4.82. The molecule has 70 valence electrons. The van der Waals surface area contributed by atoms with E-state index in [1.54, 1.807) is 0 Å². The normalized spacial score (nSPS) is 28.2. The molecule has 0 saturated heterocycles. The molecule has 1 heteroatoms. The van der Waals surface area contributed by atoms with Crippen molar-refractivity contribution in [3.8, 4) is 12.3 Å². The van der Waals surface area contributed by atoms with Gasteiger partial charge in [0.15, 0.2) is 0 Å². The van der Waals surface area contributed by atoms with Gasteiger partial charge in [0, 0.05) is 6.04 Å². The summed E-state index contributed by atoms with van der Waals surface area (Å²) in [6.45, 7) is 4.86. The Balaban J connectivity index is 2.65. The molecule has 1 N–H and O–H groups in total. The van der Waals surface area contributed by atoms with Crippen LogP contribution in [0.4, 0.5) is 0 Å². The molecule has 1 fully saturated rings. The summed E-state index contributed by atoms with van der Waals surface area (Å²) in [4.78, 5) is 0. The minimum atomic E-state index is 0.479. The summed E-state index contributed by atoms with van der Waals surface area (Å²) in [6, 6.07) is 0.479. The summed E-state index contributed by atoms with van der Waals surface area (Å²) in [6.07, 6.45) is 12.0. The molecule has 1 atom stereocenters. The van der Waals surface area contributed by atoms with Gasteiger partial charge in [-0.05, 0) is 37.8 Å². The predicted octanol–water partition coefficient (Wildman–Crippen LogP) is 2.26. The SMILES string of the molecule is C#CCNC1CCC(=C/C)/C1=C\C. The monoisotopic (exact) mass is 175 g/mol. The van der Waals surface area contributed by atoms with Gasteiger partial charge in [-0.3, -0.25) is 5.32 Å². The Bertz CT molecular complexity index is 265. The van der Waals surface area contributed by atoms with E-state index in [4.69, 9.17) is 6.42 Å². The molecule has 1 aliphatic rings. The molecule has 0 aliphatic heterocycles. The van der Waals surface area contributed by atoms with E-state index in [2.05, 4.69) is 37.2 Å². The summed E-state index contributed by atoms with van der Waals surface area (Å²) in [7, 11) is 0. The molecule has 1 nitrogen and oxygen atoms in total. The zero-order valence-corrected chi connectivity index (χ0v) is 8.43. The number of nitrogens with one attached hydrogen (secondary N) is 1. The minimum Gasteiger partial charge on any atom is -0.299 e. The summed E-state index contributed by atoms with van der Waals surface area (Å²) >= 11 is 0. The van der Waals surface area contributed by atoms with E-state index >= 15 is 0 Å². The molecule has 1 unspecified atom stereocenters. The molecule has 1 saturated carbocycles. The highest BCUT2D eigenvalue weighted by molar-refractivity contribution is 5.39. The maximum atomic E-state index is 5.21. The van der Waals surface area contributed by atoms with Crippen molar-refractivity contribution in [1.29, 1.82) is 0 Å². The van der Waals surface area contributed by atoms with Gasteiger partial charge in [-0.15, -0.1) is 6.42 Å². The van der Waals surface area contributed by atoms with Crippen LogP contribution in [0.1, 0.15) is 26.7 Å². The lowest BCUT2D eigenvalue weighted by molar-refractivity contribution is 0.621. The second kappa shape index (κ2) is 4.89. The lowest BCUT2D eigenvalue weighted by Gasteiger charge is -2.12. The molecule has 0 spiro atoms. The number of hydrogen-bond donors (Lipinski definition) is 1. The third-order valence-electron chi connectivity index (χ3n) is 2.56. The highest BCUT2D eigenvalue weighted by Gasteiger charge is 2.22. The lowest BCUT2D eigenvalue weighted by Crippen LogP contribution is -2.27. The van der Waals surface area contributed by atoms with Gasteiger partial charge < -0.3 is 0 Å². The maximum absolute atomic E-state index is 5.21. The van der Waals surface area contributed by atoms with Crippen LogP contribution >= 0.6 is 0 Å². The third-order valence-corrected chi connectivity index (χ3v) is 2.56. The van der Waals surface area contributed by atoms with Crippen LogP contribution < -0.4 is 5.32 Å². The van der Waals surface area contributed by atoms with Crippen LogP contribution in [0.5, 0.6) is 0 Å². The van der Waals surface area contributed by atoms with Crippen molar-refractivity contribution in [2.24, 2.45) is 0 Å². The zero-order chi connectivity index (χ0) is 9.68. The first-order chi connectivity index (χ1) is 6.33. The van der Waals surface area contributed by atoms with Gasteiger partial charge in [-0.2, -0.15) is 0 Å². The smallest absolute Gasteiger partial charge is 0.0578 e. The van der Waals surface area contributed by atoms with Crippen LogP contribution in [0.3, 0.4) is 0 Å². The Hall–Kier alpha value is -1.00. The third kappa shape index (κ3) is 2.23. The summed E-state index contributed by atoms with van der Waals surface area (Å²) in [5.74, 6) is 2.61. The van der Waals surface area contributed by atoms with Gasteiger partial charge in [-0.25, -0.2) is 0 Å². The average Bonchev–Trinajstić information content (AvgIpc) is 2.56. The standard InChI is InChI=1S/C12H17N/c1-4-9-13-12-8-7-10(5-2)11(12)6-3/h1,5-6,12-13H,7-9H2,2-3H3/b10-5-,11-6+. The van der Waals surface area contributed by atoms with Crippen LogP contribution in [0, 0.1) is 12.3 Å². The maximum Gasteiger partial charge on any atom is 0.0578 e. The van der Waals surface area contributed by atoms with E-state index in [1.165, 1.54) is 24.0 Å². The largest absolute Gasteiger partial charge is 0.299 e. The van der Waals surface area contributed by atoms with Crippen LogP contribution in [0.25, 0.3) is 0 Å². The Labute approximate surface area is 80.9 Å². The van der Waals surface area contributed by atoms with Gasteiger partial charge in [0.05, 0.1) is 6.54 Å². The number of terminal acetylenes is 1. The first-order valence-electron chi connectivity index (χ1n) is 4.82. The Kier molecular flexibility index (Phi) is 3.79. The summed E-state index contributed by atoms with van der Waals surface area (Å²) in [5, 5.41) is 3.35. The summed E-state index contributed by atoms with van der Waals surface area (Å²) < 4.78 is 0. The van der Waals surface area contributed by atoms with Crippen molar-refractivity contribution in [3.05, 3.63) is 23.3 Å². The Morgan fingerprint density at radius 3 is 2.85 bits per heavy atom. The Morgan fingerprint density at radius 2 is 2.31 bits per heavy atom. The minimum absolute atomic E-state index is 0.479. The fourth-order valence-corrected chi connectivity index (χ4v) is 1.92. The van der Waals surface area contributed by atoms with E-state index in [1.807, 2.05) is 0 Å². The lowest BCUT2D eigenvalue weighted by atomic mass is 10.1. The molecule has 1 aliphatic carbocycles. The van der Waals surface area contributed by atoms with Gasteiger partial charge in [0.25, 0.3) is 0 Å². The number of allylic oxidation sites excluding steroid dienone is 2. The highest BCUT2D eigenvalue weighted by Crippen LogP contribution is 2.30. The molecule has 0 bridgehead atoms. The molecular weight excluding hydrogens is 158 g/mol. The van der Waals surface area contributed by atoms with Gasteiger partial charge in [0.2, 0.25) is 0 Å². The molecular formula is C12H17N. The second-order valence-corrected chi connectivity index (χ2v) is 3.23. The molecule has 0 aromatic heterocycles. The van der Waals surface area contributed by atoms with Crippen molar-refractivity contribution in [2.45, 2.75) is 32.7 Å². The molecule has 0 aromatic rings. The molecule has 0 amide bonds. The number of rotatable bonds is 2. The quantitative estimate of drug-likeness (QED) is 0.635. The predicted molar refractivity (Wildman–Crippen MR) is 57.4 cm³/mol. The van der Waals surface area contributed by atoms with Crippen molar-refractivity contribution < 1.29 is 0 Å². The van der Waals surface area contributed by atoms with Crippen molar-refractivity contribution >= 4 is 0 Å². The molecule has 13 heavy (non-hydrogen) atoms. The van der Waals surface area contributed by atoms with Crippen molar-refractivity contribution in [2.75, 3.05) is 6.54 Å². The van der Waals surface area contributed by atoms with Crippen LogP contribution in [-0.4, -0.2) is 12.6 Å². The van der Waals surface area contributed by atoms with Crippen LogP contribution in [0.15, 0.2) is 23.3 Å². The fraction of sp³-hybridized carbons (Fsp3) is 0.500. The van der Waals surface area contributed by atoms with Crippen LogP contribution in [0.2, 0.25) is 0 Å². The molecule has 0 radical (unpaired) electrons. The highest BCUT2D eigenvalue weighted by atomic mass is 14.9. The Morgan fingerprint density at radius 1 is 1.54 bits per heavy atom. The van der Waals surface area contributed by atoms with Crippen LogP contribution in [-0.2, 0) is 0 Å². The van der Waals surface area contributed by atoms with Crippen molar-refractivity contribution in [1.82, 2.24) is 5.32 Å². The van der Waals surface area contributed by atoms with E-state index in [-0.39, 0.29) is 0 Å². The molecule has 0 aromatic carbocycles. The first kappa shape index (κ1) is 10.1. The zero-order valence-electron chi connectivity index (χ0n) is 8.43. The van der Waals surface area contributed by atoms with Crippen molar-refractivity contribution in [3.63, 3.8) is 0 Å². The summed E-state index contributed by atoms with van der Waals surface area (Å²) in [5.41, 5.74) is 2.90.